The molecule has 0 saturated heterocycles. The van der Waals surface area contributed by atoms with E-state index in [0.29, 0.717) is 22.2 Å². The number of carbonyl (C=O) groups is 1. The fourth-order valence-corrected chi connectivity index (χ4v) is 2.21. The molecule has 0 aliphatic carbocycles. The molecule has 19 heavy (non-hydrogen) atoms. The summed E-state index contributed by atoms with van der Waals surface area (Å²) in [5.41, 5.74) is 0.451. The monoisotopic (exact) mass is 377 g/mol. The van der Waals surface area contributed by atoms with Gasteiger partial charge in [-0.1, -0.05) is 6.92 Å². The summed E-state index contributed by atoms with van der Waals surface area (Å²) in [7, 11) is 0. The molecule has 0 heterocycles. The molecule has 1 aromatic rings. The number of amides is 1. The van der Waals surface area contributed by atoms with E-state index in [4.69, 9.17) is 0 Å². The van der Waals surface area contributed by atoms with Crippen LogP contribution in [0.4, 0.5) is 5.69 Å². The number of carbonyl (C=O) groups excluding carboxylic acids is 1. The molecule has 0 aliphatic rings. The van der Waals surface area contributed by atoms with E-state index in [2.05, 4.69) is 17.6 Å². The van der Waals surface area contributed by atoms with Crippen molar-refractivity contribution >= 4 is 34.2 Å². The van der Waals surface area contributed by atoms with Crippen molar-refractivity contribution < 1.29 is 9.72 Å². The maximum atomic E-state index is 11.9. The molecule has 2 N–H and O–H groups in total. The first kappa shape index (κ1) is 15.8. The largest absolute Gasteiger partial charge is 0.351 e. The van der Waals surface area contributed by atoms with E-state index in [1.54, 1.807) is 0 Å². The third kappa shape index (κ3) is 5.11. The summed E-state index contributed by atoms with van der Waals surface area (Å²) < 4.78 is 0.575. The fourth-order valence-electron chi connectivity index (χ4n) is 1.46. The minimum absolute atomic E-state index is 0.00874. The van der Waals surface area contributed by atoms with Crippen molar-refractivity contribution in [2.24, 2.45) is 0 Å². The van der Waals surface area contributed by atoms with E-state index in [1.165, 1.54) is 18.2 Å². The van der Waals surface area contributed by atoms with Gasteiger partial charge in [0.05, 0.1) is 10.5 Å². The number of nitrogens with one attached hydrogen (secondary N) is 2. The molecule has 6 nitrogen and oxygen atoms in total. The minimum atomic E-state index is -0.474. The quantitative estimate of drug-likeness (QED) is 0.329. The van der Waals surface area contributed by atoms with Gasteiger partial charge in [0.1, 0.15) is 0 Å². The van der Waals surface area contributed by atoms with Crippen molar-refractivity contribution in [1.29, 1.82) is 0 Å². The summed E-state index contributed by atoms with van der Waals surface area (Å²) >= 11 is 1.93. The molecule has 0 saturated carbocycles. The lowest BCUT2D eigenvalue weighted by Gasteiger charge is -2.07. The number of nitrogens with zero attached hydrogens (tertiary/aromatic N) is 1. The minimum Gasteiger partial charge on any atom is -0.351 e. The number of benzene rings is 1. The fraction of sp³-hybridized carbons (Fsp3) is 0.417. The van der Waals surface area contributed by atoms with Gasteiger partial charge in [-0.3, -0.25) is 14.9 Å². The van der Waals surface area contributed by atoms with Crippen LogP contribution >= 0.6 is 22.6 Å². The van der Waals surface area contributed by atoms with E-state index in [0.717, 1.165) is 13.0 Å². The lowest BCUT2D eigenvalue weighted by Crippen LogP contribution is -2.32. The first-order chi connectivity index (χ1) is 9.06. The molecule has 0 fully saturated rings. The van der Waals surface area contributed by atoms with Gasteiger partial charge >= 0.3 is 0 Å². The predicted octanol–water partition coefficient (Wildman–Crippen LogP) is 1.93. The summed E-state index contributed by atoms with van der Waals surface area (Å²) in [5.74, 6) is -0.211. The Balaban J connectivity index is 2.55. The average Bonchev–Trinajstić information content (AvgIpc) is 2.38. The van der Waals surface area contributed by atoms with Gasteiger partial charge in [0.15, 0.2) is 0 Å². The molecule has 0 atom stereocenters. The molecular weight excluding hydrogens is 361 g/mol. The maximum Gasteiger partial charge on any atom is 0.270 e. The Morgan fingerprint density at radius 1 is 1.37 bits per heavy atom. The lowest BCUT2D eigenvalue weighted by molar-refractivity contribution is -0.384. The highest BCUT2D eigenvalue weighted by atomic mass is 127. The van der Waals surface area contributed by atoms with E-state index in [-0.39, 0.29) is 11.6 Å². The van der Waals surface area contributed by atoms with Crippen molar-refractivity contribution in [2.45, 2.75) is 13.3 Å². The number of hydrogen-bond acceptors (Lipinski definition) is 4. The first-order valence-electron chi connectivity index (χ1n) is 5.99. The Labute approximate surface area is 125 Å². The van der Waals surface area contributed by atoms with Gasteiger partial charge in [0, 0.05) is 28.8 Å². The van der Waals surface area contributed by atoms with Gasteiger partial charge in [0.25, 0.3) is 11.6 Å². The summed E-state index contributed by atoms with van der Waals surface area (Å²) in [6.07, 6.45) is 1.05. The predicted molar refractivity (Wildman–Crippen MR) is 81.3 cm³/mol. The molecule has 7 heteroatoms. The van der Waals surface area contributed by atoms with E-state index in [1.807, 2.05) is 22.6 Å². The lowest BCUT2D eigenvalue weighted by atomic mass is 10.2. The van der Waals surface area contributed by atoms with Gasteiger partial charge < -0.3 is 10.6 Å². The Morgan fingerprint density at radius 3 is 2.68 bits per heavy atom. The maximum absolute atomic E-state index is 11.9. The number of halogens is 1. The topological polar surface area (TPSA) is 84.3 Å². The third-order valence-electron chi connectivity index (χ3n) is 2.42. The van der Waals surface area contributed by atoms with Crippen LogP contribution in [0, 0.1) is 13.7 Å². The Morgan fingerprint density at radius 2 is 2.11 bits per heavy atom. The van der Waals surface area contributed by atoms with E-state index in [9.17, 15) is 14.9 Å². The third-order valence-corrected chi connectivity index (χ3v) is 3.31. The van der Waals surface area contributed by atoms with Crippen LogP contribution < -0.4 is 10.6 Å². The second-order valence-corrected chi connectivity index (χ2v) is 5.09. The summed E-state index contributed by atoms with van der Waals surface area (Å²) in [4.78, 5) is 22.0. The number of nitro groups is 1. The Bertz CT molecular complexity index is 466. The second-order valence-electron chi connectivity index (χ2n) is 3.93. The smallest absolute Gasteiger partial charge is 0.270 e. The van der Waals surface area contributed by atoms with Crippen LogP contribution in [0.3, 0.4) is 0 Å². The van der Waals surface area contributed by atoms with Crippen molar-refractivity contribution in [1.82, 2.24) is 10.6 Å². The summed E-state index contributed by atoms with van der Waals surface area (Å²) in [6.45, 7) is 4.24. The number of rotatable bonds is 7. The SMILES string of the molecule is CCCNCCNC(=O)c1ccc([N+](=O)[O-])cc1I. The molecule has 0 aliphatic heterocycles. The zero-order chi connectivity index (χ0) is 14.3. The Kier molecular flexibility index (Phi) is 6.71. The van der Waals surface area contributed by atoms with Crippen LogP contribution in [0.15, 0.2) is 18.2 Å². The summed E-state index contributed by atoms with van der Waals surface area (Å²) in [5, 5.41) is 16.5. The van der Waals surface area contributed by atoms with Crippen LogP contribution in [-0.2, 0) is 0 Å². The van der Waals surface area contributed by atoms with Crippen LogP contribution in [0.25, 0.3) is 0 Å². The molecule has 1 rings (SSSR count). The zero-order valence-electron chi connectivity index (χ0n) is 10.6. The number of nitro benzene ring substituents is 1. The van der Waals surface area contributed by atoms with Gasteiger partial charge in [0.2, 0.25) is 0 Å². The van der Waals surface area contributed by atoms with Crippen LogP contribution in [0.5, 0.6) is 0 Å². The van der Waals surface area contributed by atoms with Gasteiger partial charge in [-0.2, -0.15) is 0 Å². The van der Waals surface area contributed by atoms with Crippen molar-refractivity contribution in [3.8, 4) is 0 Å². The van der Waals surface area contributed by atoms with Crippen LogP contribution in [-0.4, -0.2) is 30.5 Å². The van der Waals surface area contributed by atoms with E-state index < -0.39 is 4.92 Å². The highest BCUT2D eigenvalue weighted by molar-refractivity contribution is 14.1. The molecule has 104 valence electrons. The molecule has 1 amide bonds. The van der Waals surface area contributed by atoms with Crippen LogP contribution in [0.2, 0.25) is 0 Å². The average molecular weight is 377 g/mol. The van der Waals surface area contributed by atoms with Gasteiger partial charge in [-0.05, 0) is 41.6 Å². The van der Waals surface area contributed by atoms with Crippen LogP contribution in [0.1, 0.15) is 23.7 Å². The van der Waals surface area contributed by atoms with Gasteiger partial charge in [-0.15, -0.1) is 0 Å². The molecule has 0 aromatic heterocycles. The highest BCUT2D eigenvalue weighted by Crippen LogP contribution is 2.19. The Hall–Kier alpha value is -1.22. The molecule has 0 unspecified atom stereocenters. The van der Waals surface area contributed by atoms with Crippen molar-refractivity contribution in [2.75, 3.05) is 19.6 Å². The van der Waals surface area contributed by atoms with E-state index >= 15 is 0 Å². The highest BCUT2D eigenvalue weighted by Gasteiger charge is 2.13. The number of non-ortho nitro benzene ring substituents is 1. The molecule has 1 aromatic carbocycles. The second kappa shape index (κ2) is 8.05. The first-order valence-corrected chi connectivity index (χ1v) is 7.07. The number of hydrogen-bond donors (Lipinski definition) is 2. The molecule has 0 bridgehead atoms. The summed E-state index contributed by atoms with van der Waals surface area (Å²) in [6, 6.07) is 4.21. The molecule has 0 spiro atoms. The standard InChI is InChI=1S/C12H16IN3O3/c1-2-5-14-6-7-15-12(17)10-4-3-9(16(18)19)8-11(10)13/h3-4,8,14H,2,5-7H2,1H3,(H,15,17). The van der Waals surface area contributed by atoms with Crippen molar-refractivity contribution in [3.05, 3.63) is 37.4 Å². The van der Waals surface area contributed by atoms with Gasteiger partial charge in [-0.25, -0.2) is 0 Å². The normalized spacial score (nSPS) is 10.2. The molecule has 0 radical (unpaired) electrons. The van der Waals surface area contributed by atoms with Crippen molar-refractivity contribution in [3.63, 3.8) is 0 Å². The molecular formula is C12H16IN3O3. The zero-order valence-corrected chi connectivity index (χ0v) is 12.8.